The second-order valence-electron chi connectivity index (χ2n) is 1.68. The molecule has 0 fully saturated rings. The summed E-state index contributed by atoms with van der Waals surface area (Å²) in [7, 11) is -0.885. The van der Waals surface area contributed by atoms with E-state index >= 15 is 0 Å². The molecule has 1 atom stereocenters. The van der Waals surface area contributed by atoms with E-state index in [1.807, 2.05) is 0 Å². The van der Waals surface area contributed by atoms with Crippen molar-refractivity contribution in [2.24, 2.45) is 5.73 Å². The number of alkyl halides is 1. The van der Waals surface area contributed by atoms with Gasteiger partial charge in [-0.15, -0.1) is 0 Å². The van der Waals surface area contributed by atoms with Crippen molar-refractivity contribution in [2.75, 3.05) is 24.7 Å². The quantitative estimate of drug-likeness (QED) is 0.606. The highest BCUT2D eigenvalue weighted by Gasteiger charge is 1.95. The van der Waals surface area contributed by atoms with Gasteiger partial charge in [-0.25, -0.2) is 0 Å². The van der Waals surface area contributed by atoms with Crippen molar-refractivity contribution in [1.82, 2.24) is 0 Å². The maximum Gasteiger partial charge on any atom is 0.0903 e. The maximum absolute atomic E-state index is 11.4. The first-order valence-electron chi connectivity index (χ1n) is 2.92. The van der Waals surface area contributed by atoms with Gasteiger partial charge in [0.25, 0.3) is 0 Å². The molecule has 0 amide bonds. The van der Waals surface area contributed by atoms with Crippen molar-refractivity contribution in [2.45, 2.75) is 6.42 Å². The van der Waals surface area contributed by atoms with Gasteiger partial charge in [-0.05, 0) is 6.42 Å². The van der Waals surface area contributed by atoms with Crippen LogP contribution >= 0.6 is 0 Å². The lowest BCUT2D eigenvalue weighted by Crippen LogP contribution is -2.12. The Labute approximate surface area is 57.1 Å². The van der Waals surface area contributed by atoms with E-state index in [9.17, 15) is 8.60 Å². The van der Waals surface area contributed by atoms with Crippen LogP contribution in [-0.4, -0.2) is 28.9 Å². The van der Waals surface area contributed by atoms with Crippen molar-refractivity contribution in [3.8, 4) is 0 Å². The number of hydrogen-bond acceptors (Lipinski definition) is 2. The third-order valence-corrected chi connectivity index (χ3v) is 2.29. The van der Waals surface area contributed by atoms with Gasteiger partial charge >= 0.3 is 0 Å². The molecule has 2 N–H and O–H groups in total. The molecule has 0 spiro atoms. The SMILES string of the molecule is NCCS(=O)CCCF. The Morgan fingerprint density at radius 3 is 2.56 bits per heavy atom. The van der Waals surface area contributed by atoms with Crippen LogP contribution in [0.15, 0.2) is 0 Å². The summed E-state index contributed by atoms with van der Waals surface area (Å²) in [6.07, 6.45) is 0.395. The van der Waals surface area contributed by atoms with Crippen molar-refractivity contribution in [3.05, 3.63) is 0 Å². The highest BCUT2D eigenvalue weighted by Crippen LogP contribution is 1.86. The molecule has 2 nitrogen and oxygen atoms in total. The Balaban J connectivity index is 3.06. The molecule has 0 heterocycles. The lowest BCUT2D eigenvalue weighted by Gasteiger charge is -1.94. The molecule has 56 valence electrons. The molecule has 0 bridgehead atoms. The van der Waals surface area contributed by atoms with Gasteiger partial charge in [0.2, 0.25) is 0 Å². The average molecular weight is 153 g/mol. The standard InChI is InChI=1S/C5H12FNOS/c6-2-1-4-9(8)5-3-7/h1-5,7H2. The van der Waals surface area contributed by atoms with Gasteiger partial charge in [0.1, 0.15) is 0 Å². The lowest BCUT2D eigenvalue weighted by molar-refractivity contribution is 0.488. The first kappa shape index (κ1) is 9.04. The number of halogens is 1. The Kier molecular flexibility index (Phi) is 6.19. The minimum absolute atomic E-state index is 0.379. The molecule has 0 aromatic heterocycles. The molecule has 0 rings (SSSR count). The molecule has 0 aromatic carbocycles. The van der Waals surface area contributed by atoms with E-state index < -0.39 is 10.8 Å². The molecule has 0 aliphatic heterocycles. The zero-order valence-electron chi connectivity index (χ0n) is 5.31. The van der Waals surface area contributed by atoms with Crippen LogP contribution in [0.25, 0.3) is 0 Å². The van der Waals surface area contributed by atoms with Crippen molar-refractivity contribution < 1.29 is 8.60 Å². The van der Waals surface area contributed by atoms with Gasteiger partial charge < -0.3 is 5.73 Å². The summed E-state index contributed by atoms with van der Waals surface area (Å²) in [5.41, 5.74) is 5.11. The minimum atomic E-state index is -0.885. The van der Waals surface area contributed by atoms with Gasteiger partial charge in [-0.1, -0.05) is 0 Å². The monoisotopic (exact) mass is 153 g/mol. The molecular weight excluding hydrogens is 141 g/mol. The molecule has 4 heteroatoms. The van der Waals surface area contributed by atoms with Crippen molar-refractivity contribution >= 4 is 10.8 Å². The van der Waals surface area contributed by atoms with E-state index in [0.717, 1.165) is 0 Å². The van der Waals surface area contributed by atoms with Crippen LogP contribution in [-0.2, 0) is 10.8 Å². The lowest BCUT2D eigenvalue weighted by atomic mass is 10.6. The average Bonchev–Trinajstić information content (AvgIpc) is 1.85. The van der Waals surface area contributed by atoms with Gasteiger partial charge in [0, 0.05) is 28.9 Å². The zero-order chi connectivity index (χ0) is 7.11. The topological polar surface area (TPSA) is 43.1 Å². The summed E-state index contributed by atoms with van der Waals surface area (Å²) in [5, 5.41) is 0. The summed E-state index contributed by atoms with van der Waals surface area (Å²) in [6, 6.07) is 0. The molecule has 0 radical (unpaired) electrons. The second-order valence-corrected chi connectivity index (χ2v) is 3.38. The van der Waals surface area contributed by atoms with Crippen molar-refractivity contribution in [1.29, 1.82) is 0 Å². The fourth-order valence-electron chi connectivity index (χ4n) is 0.449. The molecule has 9 heavy (non-hydrogen) atoms. The molecular formula is C5H12FNOS. The molecule has 0 saturated heterocycles. The minimum Gasteiger partial charge on any atom is -0.330 e. The predicted octanol–water partition coefficient (Wildman–Crippen LogP) is 0.0534. The zero-order valence-corrected chi connectivity index (χ0v) is 6.12. The van der Waals surface area contributed by atoms with Gasteiger partial charge in [-0.3, -0.25) is 8.60 Å². The molecule has 0 aliphatic rings. The van der Waals surface area contributed by atoms with E-state index in [1.165, 1.54) is 0 Å². The fraction of sp³-hybridized carbons (Fsp3) is 1.00. The maximum atomic E-state index is 11.4. The molecule has 0 aromatic rings. The Bertz CT molecular complexity index is 89.0. The van der Waals surface area contributed by atoms with Crippen LogP contribution in [0.4, 0.5) is 4.39 Å². The smallest absolute Gasteiger partial charge is 0.0903 e. The number of nitrogens with two attached hydrogens (primary N) is 1. The third-order valence-electron chi connectivity index (χ3n) is 0.851. The first-order chi connectivity index (χ1) is 4.31. The predicted molar refractivity (Wildman–Crippen MR) is 37.5 cm³/mol. The Hall–Kier alpha value is 0.0400. The third kappa shape index (κ3) is 5.92. The molecule has 1 unspecified atom stereocenters. The van der Waals surface area contributed by atoms with Crippen LogP contribution < -0.4 is 5.73 Å². The van der Waals surface area contributed by atoms with Crippen LogP contribution in [0.1, 0.15) is 6.42 Å². The van der Waals surface area contributed by atoms with Crippen molar-refractivity contribution in [3.63, 3.8) is 0 Å². The number of rotatable bonds is 5. The van der Waals surface area contributed by atoms with Crippen LogP contribution in [0, 0.1) is 0 Å². The van der Waals surface area contributed by atoms with Gasteiger partial charge in [0.15, 0.2) is 0 Å². The van der Waals surface area contributed by atoms with Gasteiger partial charge in [0.05, 0.1) is 6.67 Å². The van der Waals surface area contributed by atoms with Crippen LogP contribution in [0.3, 0.4) is 0 Å². The van der Waals surface area contributed by atoms with E-state index in [1.54, 1.807) is 0 Å². The summed E-state index contributed by atoms with van der Waals surface area (Å²) >= 11 is 0. The fourth-order valence-corrected chi connectivity index (χ4v) is 1.35. The van der Waals surface area contributed by atoms with Crippen LogP contribution in [0.2, 0.25) is 0 Å². The summed E-state index contributed by atoms with van der Waals surface area (Å²) in [5.74, 6) is 0.952. The van der Waals surface area contributed by atoms with E-state index in [-0.39, 0.29) is 6.67 Å². The highest BCUT2D eigenvalue weighted by molar-refractivity contribution is 7.84. The molecule has 0 aliphatic carbocycles. The Morgan fingerprint density at radius 1 is 1.44 bits per heavy atom. The summed E-state index contributed by atoms with van der Waals surface area (Å²) < 4.78 is 22.1. The van der Waals surface area contributed by atoms with Crippen LogP contribution in [0.5, 0.6) is 0 Å². The largest absolute Gasteiger partial charge is 0.330 e. The highest BCUT2D eigenvalue weighted by atomic mass is 32.2. The van der Waals surface area contributed by atoms with Gasteiger partial charge in [-0.2, -0.15) is 0 Å². The van der Waals surface area contributed by atoms with E-state index in [2.05, 4.69) is 0 Å². The Morgan fingerprint density at radius 2 is 2.11 bits per heavy atom. The normalized spacial score (nSPS) is 13.6. The second kappa shape index (κ2) is 6.16. The van der Waals surface area contributed by atoms with E-state index in [4.69, 9.17) is 5.73 Å². The summed E-state index contributed by atoms with van der Waals surface area (Å²) in [6.45, 7) is 0.0508. The van der Waals surface area contributed by atoms with E-state index in [0.29, 0.717) is 24.5 Å². The number of hydrogen-bond donors (Lipinski definition) is 1. The molecule has 0 saturated carbocycles. The first-order valence-corrected chi connectivity index (χ1v) is 4.41. The summed E-state index contributed by atoms with van der Waals surface area (Å²) in [4.78, 5) is 0.